The van der Waals surface area contributed by atoms with E-state index in [1.54, 1.807) is 55.5 Å². The molecule has 2 aromatic rings. The Morgan fingerprint density at radius 1 is 0.962 bits per heavy atom. The largest absolute Gasteiger partial charge is 0.482 e. The summed E-state index contributed by atoms with van der Waals surface area (Å²) in [6, 6.07) is 13.4. The number of carbonyl (C=O) groups excluding carboxylic acids is 3. The van der Waals surface area contributed by atoms with Gasteiger partial charge in [-0.1, -0.05) is 24.3 Å². The highest BCUT2D eigenvalue weighted by Crippen LogP contribution is 2.23. The van der Waals surface area contributed by atoms with E-state index in [9.17, 15) is 14.4 Å². The first kappa shape index (κ1) is 17.6. The van der Waals surface area contributed by atoms with Gasteiger partial charge in [-0.2, -0.15) is 0 Å². The van der Waals surface area contributed by atoms with E-state index in [0.717, 1.165) is 10.6 Å². The number of hydroxylamine groups is 2. The monoisotopic (exact) mass is 355 g/mol. The maximum absolute atomic E-state index is 12.2. The molecule has 134 valence electrons. The molecule has 0 atom stereocenters. The molecule has 0 spiro atoms. The predicted molar refractivity (Wildman–Crippen MR) is 90.3 cm³/mol. The Bertz CT molecular complexity index is 795. The van der Waals surface area contributed by atoms with Crippen LogP contribution in [0.15, 0.2) is 48.5 Å². The predicted octanol–water partition coefficient (Wildman–Crippen LogP) is 2.36. The van der Waals surface area contributed by atoms with Gasteiger partial charge in [-0.25, -0.2) is 4.79 Å². The fourth-order valence-corrected chi connectivity index (χ4v) is 2.45. The van der Waals surface area contributed by atoms with Crippen molar-refractivity contribution in [1.82, 2.24) is 5.06 Å². The van der Waals surface area contributed by atoms with Gasteiger partial charge in [-0.15, -0.1) is 5.06 Å². The van der Waals surface area contributed by atoms with Gasteiger partial charge in [0.1, 0.15) is 12.4 Å². The molecule has 26 heavy (non-hydrogen) atoms. The lowest BCUT2D eigenvalue weighted by molar-refractivity contribution is -0.145. The lowest BCUT2D eigenvalue weighted by Crippen LogP contribution is -2.29. The summed E-state index contributed by atoms with van der Waals surface area (Å²) in [5.74, 6) is -0.881. The minimum absolute atomic E-state index is 0.0453. The summed E-state index contributed by atoms with van der Waals surface area (Å²) >= 11 is 0. The van der Waals surface area contributed by atoms with Crippen LogP contribution in [0, 0.1) is 0 Å². The zero-order valence-corrected chi connectivity index (χ0v) is 14.1. The summed E-state index contributed by atoms with van der Waals surface area (Å²) in [5, 5.41) is 0.774. The molecule has 2 amide bonds. The first-order valence-corrected chi connectivity index (χ1v) is 8.08. The van der Waals surface area contributed by atoms with Gasteiger partial charge < -0.3 is 9.47 Å². The molecule has 0 saturated heterocycles. The third kappa shape index (κ3) is 3.73. The van der Waals surface area contributed by atoms with Crippen molar-refractivity contribution in [2.75, 3.05) is 13.2 Å². The first-order chi connectivity index (χ1) is 12.6. The van der Waals surface area contributed by atoms with Crippen molar-refractivity contribution < 1.29 is 28.7 Å². The summed E-state index contributed by atoms with van der Waals surface area (Å²) in [7, 11) is 0. The molecule has 1 heterocycles. The molecule has 1 aliphatic heterocycles. The van der Waals surface area contributed by atoms with Crippen LogP contribution in [-0.2, 0) is 21.0 Å². The number of fused-ring (bicyclic) bond motifs is 1. The number of hydrogen-bond acceptors (Lipinski definition) is 6. The minimum atomic E-state index is -0.472. The fourth-order valence-electron chi connectivity index (χ4n) is 2.45. The maximum Gasteiger partial charge on any atom is 0.344 e. The van der Waals surface area contributed by atoms with Crippen LogP contribution in [-0.4, -0.2) is 36.1 Å². The molecular formula is C19H17NO6. The molecule has 0 fully saturated rings. The minimum Gasteiger partial charge on any atom is -0.482 e. The van der Waals surface area contributed by atoms with E-state index >= 15 is 0 Å². The highest BCUT2D eigenvalue weighted by Gasteiger charge is 2.36. The highest BCUT2D eigenvalue weighted by molar-refractivity contribution is 6.20. The summed E-state index contributed by atoms with van der Waals surface area (Å²) in [4.78, 5) is 41.0. The van der Waals surface area contributed by atoms with Gasteiger partial charge in [-0.3, -0.25) is 14.4 Å². The summed E-state index contributed by atoms with van der Waals surface area (Å²) in [6.45, 7) is 1.90. The fraction of sp³-hybridized carbons (Fsp3) is 0.211. The average Bonchev–Trinajstić information content (AvgIpc) is 2.90. The van der Waals surface area contributed by atoms with Gasteiger partial charge >= 0.3 is 5.97 Å². The Hall–Kier alpha value is -3.19. The molecule has 2 aromatic carbocycles. The van der Waals surface area contributed by atoms with E-state index in [0.29, 0.717) is 23.5 Å². The topological polar surface area (TPSA) is 82.1 Å². The van der Waals surface area contributed by atoms with Crippen LogP contribution in [0.2, 0.25) is 0 Å². The van der Waals surface area contributed by atoms with E-state index in [4.69, 9.17) is 14.3 Å². The summed E-state index contributed by atoms with van der Waals surface area (Å²) in [5.41, 5.74) is 1.41. The second kappa shape index (κ2) is 7.79. The number of esters is 1. The smallest absolute Gasteiger partial charge is 0.344 e. The molecule has 0 aromatic heterocycles. The summed E-state index contributed by atoms with van der Waals surface area (Å²) < 4.78 is 10.1. The third-order valence-corrected chi connectivity index (χ3v) is 3.70. The number of benzene rings is 2. The number of hydrogen-bond donors (Lipinski definition) is 0. The van der Waals surface area contributed by atoms with Crippen LogP contribution in [0.3, 0.4) is 0 Å². The number of carbonyl (C=O) groups is 3. The molecule has 7 heteroatoms. The molecule has 0 radical (unpaired) electrons. The van der Waals surface area contributed by atoms with E-state index in [-0.39, 0.29) is 13.2 Å². The van der Waals surface area contributed by atoms with Gasteiger partial charge in [0.05, 0.1) is 17.7 Å². The molecule has 3 rings (SSSR count). The van der Waals surface area contributed by atoms with E-state index in [1.807, 2.05) is 0 Å². The number of amides is 2. The lowest BCUT2D eigenvalue weighted by atomic mass is 10.1. The van der Waals surface area contributed by atoms with Gasteiger partial charge in [0.25, 0.3) is 11.8 Å². The molecule has 0 saturated carbocycles. The van der Waals surface area contributed by atoms with Gasteiger partial charge in [0.2, 0.25) is 0 Å². The van der Waals surface area contributed by atoms with Crippen LogP contribution < -0.4 is 4.74 Å². The Balaban J connectivity index is 1.55. The Morgan fingerprint density at radius 2 is 1.58 bits per heavy atom. The van der Waals surface area contributed by atoms with Crippen molar-refractivity contribution in [3.8, 4) is 5.75 Å². The zero-order chi connectivity index (χ0) is 18.5. The zero-order valence-electron chi connectivity index (χ0n) is 14.1. The van der Waals surface area contributed by atoms with Crippen LogP contribution in [0.25, 0.3) is 0 Å². The lowest BCUT2D eigenvalue weighted by Gasteiger charge is -2.13. The van der Waals surface area contributed by atoms with Crippen molar-refractivity contribution in [3.05, 3.63) is 65.2 Å². The Kier molecular flexibility index (Phi) is 5.28. The van der Waals surface area contributed by atoms with Crippen molar-refractivity contribution >= 4 is 17.8 Å². The van der Waals surface area contributed by atoms with Crippen LogP contribution in [0.5, 0.6) is 5.75 Å². The normalized spacial score (nSPS) is 12.9. The molecule has 1 aliphatic rings. The summed E-state index contributed by atoms with van der Waals surface area (Å²) in [6.07, 6.45) is 0. The van der Waals surface area contributed by atoms with Gasteiger partial charge in [0, 0.05) is 0 Å². The van der Waals surface area contributed by atoms with Gasteiger partial charge in [-0.05, 0) is 36.8 Å². The third-order valence-electron chi connectivity index (χ3n) is 3.70. The maximum atomic E-state index is 12.2. The van der Waals surface area contributed by atoms with Crippen molar-refractivity contribution in [2.24, 2.45) is 0 Å². The van der Waals surface area contributed by atoms with Crippen LogP contribution in [0.4, 0.5) is 0 Å². The number of rotatable bonds is 7. The number of nitrogens with zero attached hydrogens (tertiary/aromatic N) is 1. The average molecular weight is 355 g/mol. The molecule has 7 nitrogen and oxygen atoms in total. The molecular weight excluding hydrogens is 338 g/mol. The number of imide groups is 1. The van der Waals surface area contributed by atoms with Crippen LogP contribution >= 0.6 is 0 Å². The first-order valence-electron chi connectivity index (χ1n) is 8.08. The van der Waals surface area contributed by atoms with Crippen LogP contribution in [0.1, 0.15) is 33.2 Å². The highest BCUT2D eigenvalue weighted by atomic mass is 16.7. The second-order valence-corrected chi connectivity index (χ2v) is 5.46. The standard InChI is InChI=1S/C19H17NO6/c1-2-24-17(21)12-25-14-9-7-13(8-10-14)11-26-20-18(22)15-5-3-4-6-16(15)19(20)23/h3-10H,2,11-12H2,1H3. The Morgan fingerprint density at radius 3 is 2.15 bits per heavy atom. The van der Waals surface area contributed by atoms with E-state index < -0.39 is 17.8 Å². The second-order valence-electron chi connectivity index (χ2n) is 5.46. The quantitative estimate of drug-likeness (QED) is 0.560. The Labute approximate surface area is 150 Å². The SMILES string of the molecule is CCOC(=O)COc1ccc(CON2C(=O)c3ccccc3C2=O)cc1. The molecule has 0 unspecified atom stereocenters. The van der Waals surface area contributed by atoms with Crippen molar-refractivity contribution in [2.45, 2.75) is 13.5 Å². The van der Waals surface area contributed by atoms with Crippen molar-refractivity contribution in [3.63, 3.8) is 0 Å². The van der Waals surface area contributed by atoms with E-state index in [1.165, 1.54) is 0 Å². The van der Waals surface area contributed by atoms with Gasteiger partial charge in [0.15, 0.2) is 6.61 Å². The van der Waals surface area contributed by atoms with Crippen molar-refractivity contribution in [1.29, 1.82) is 0 Å². The molecule has 0 bridgehead atoms. The van der Waals surface area contributed by atoms with E-state index in [2.05, 4.69) is 0 Å². The number of ether oxygens (including phenoxy) is 2. The molecule has 0 aliphatic carbocycles. The molecule has 0 N–H and O–H groups in total.